The average Bonchev–Trinajstić information content (AvgIpc) is 2.76. The molecule has 4 atom stereocenters. The van der Waals surface area contributed by atoms with Crippen molar-refractivity contribution in [1.82, 2.24) is 0 Å². The Labute approximate surface area is 146 Å². The van der Waals surface area contributed by atoms with E-state index < -0.39 is 11.5 Å². The second-order valence-corrected chi connectivity index (χ2v) is 6.61. The zero-order valence-corrected chi connectivity index (χ0v) is 14.6. The van der Waals surface area contributed by atoms with Gasteiger partial charge in [-0.1, -0.05) is 19.1 Å². The molecule has 2 aliphatic rings. The molecule has 0 aliphatic heterocycles. The number of carbonyl (C=O) groups is 2. The molecular formula is C20H22O5. The molecule has 2 aliphatic carbocycles. The molecule has 1 aromatic carbocycles. The smallest absolute Gasteiger partial charge is 0.180 e. The van der Waals surface area contributed by atoms with E-state index in [2.05, 4.69) is 6.58 Å². The molecule has 0 amide bonds. The van der Waals surface area contributed by atoms with Gasteiger partial charge in [0.1, 0.15) is 5.60 Å². The third kappa shape index (κ3) is 2.34. The van der Waals surface area contributed by atoms with Crippen molar-refractivity contribution in [1.29, 1.82) is 0 Å². The highest BCUT2D eigenvalue weighted by molar-refractivity contribution is 6.19. The number of methoxy groups -OCH3 is 2. The molecule has 0 spiro atoms. The van der Waals surface area contributed by atoms with Crippen LogP contribution in [-0.2, 0) is 14.3 Å². The maximum Gasteiger partial charge on any atom is 0.180 e. The van der Waals surface area contributed by atoms with E-state index in [1.807, 2.05) is 6.92 Å². The molecule has 0 radical (unpaired) electrons. The van der Waals surface area contributed by atoms with Crippen LogP contribution < -0.4 is 4.74 Å². The number of rotatable bonds is 5. The first-order valence-electron chi connectivity index (χ1n) is 8.24. The molecule has 1 N–H and O–H groups in total. The maximum absolute atomic E-state index is 13.0. The van der Waals surface area contributed by atoms with Gasteiger partial charge in [0.15, 0.2) is 23.1 Å². The summed E-state index contributed by atoms with van der Waals surface area (Å²) in [5.41, 5.74) is 0.245. The normalized spacial score (nSPS) is 31.0. The SMILES string of the molecule is C=CCC1=CC2(OC)C(=O)C(C1=O)C(c1ccc(O)c(OC)c1)C2C. The number of benzene rings is 1. The fourth-order valence-corrected chi connectivity index (χ4v) is 4.24. The van der Waals surface area contributed by atoms with E-state index in [4.69, 9.17) is 9.47 Å². The summed E-state index contributed by atoms with van der Waals surface area (Å²) in [6.07, 6.45) is 3.75. The predicted octanol–water partition coefficient (Wildman–Crippen LogP) is 2.79. The number of ketones is 2. The molecule has 132 valence electrons. The monoisotopic (exact) mass is 342 g/mol. The Kier molecular flexibility index (Phi) is 4.29. The second-order valence-electron chi connectivity index (χ2n) is 6.61. The van der Waals surface area contributed by atoms with Crippen LogP contribution in [0, 0.1) is 11.8 Å². The first kappa shape index (κ1) is 17.4. The second kappa shape index (κ2) is 6.15. The van der Waals surface area contributed by atoms with E-state index in [0.717, 1.165) is 5.56 Å². The van der Waals surface area contributed by atoms with Crippen molar-refractivity contribution in [3.63, 3.8) is 0 Å². The van der Waals surface area contributed by atoms with Crippen LogP contribution in [0.1, 0.15) is 24.8 Å². The molecule has 5 nitrogen and oxygen atoms in total. The molecular weight excluding hydrogens is 320 g/mol. The van der Waals surface area contributed by atoms with Gasteiger partial charge in [-0.2, -0.15) is 0 Å². The van der Waals surface area contributed by atoms with E-state index in [-0.39, 0.29) is 29.2 Å². The van der Waals surface area contributed by atoms with Crippen LogP contribution in [0.15, 0.2) is 42.5 Å². The van der Waals surface area contributed by atoms with Crippen LogP contribution in [0.25, 0.3) is 0 Å². The van der Waals surface area contributed by atoms with Crippen LogP contribution in [0.2, 0.25) is 0 Å². The highest BCUT2D eigenvalue weighted by Crippen LogP contribution is 2.54. The van der Waals surface area contributed by atoms with Gasteiger partial charge in [0.05, 0.1) is 13.0 Å². The van der Waals surface area contributed by atoms with Crippen molar-refractivity contribution in [2.45, 2.75) is 24.9 Å². The maximum atomic E-state index is 13.0. The largest absolute Gasteiger partial charge is 0.504 e. The minimum atomic E-state index is -1.10. The summed E-state index contributed by atoms with van der Waals surface area (Å²) in [5, 5.41) is 9.84. The highest BCUT2D eigenvalue weighted by Gasteiger charge is 2.63. The lowest BCUT2D eigenvalue weighted by Gasteiger charge is -2.30. The number of allylic oxidation sites excluding steroid dienone is 2. The average molecular weight is 342 g/mol. The third-order valence-electron chi connectivity index (χ3n) is 5.52. The molecule has 0 aromatic heterocycles. The van der Waals surface area contributed by atoms with E-state index in [0.29, 0.717) is 17.7 Å². The van der Waals surface area contributed by atoms with E-state index in [1.165, 1.54) is 20.3 Å². The number of hydrogen-bond donors (Lipinski definition) is 1. The third-order valence-corrected chi connectivity index (χ3v) is 5.52. The minimum absolute atomic E-state index is 0.0180. The number of phenolic OH excluding ortho intramolecular Hbond substituents is 1. The molecule has 25 heavy (non-hydrogen) atoms. The van der Waals surface area contributed by atoms with Crippen molar-refractivity contribution in [2.75, 3.05) is 14.2 Å². The lowest BCUT2D eigenvalue weighted by molar-refractivity contribution is -0.141. The molecule has 3 rings (SSSR count). The Hall–Kier alpha value is -2.40. The molecule has 5 heteroatoms. The molecule has 4 unspecified atom stereocenters. The van der Waals surface area contributed by atoms with E-state index in [1.54, 1.807) is 24.3 Å². The van der Waals surface area contributed by atoms with E-state index >= 15 is 0 Å². The number of carbonyl (C=O) groups excluding carboxylic acids is 2. The Bertz CT molecular complexity index is 778. The van der Waals surface area contributed by atoms with Crippen molar-refractivity contribution >= 4 is 11.6 Å². The van der Waals surface area contributed by atoms with Gasteiger partial charge in [-0.3, -0.25) is 9.59 Å². The van der Waals surface area contributed by atoms with Crippen LogP contribution in [-0.4, -0.2) is 36.5 Å². The van der Waals surface area contributed by atoms with Crippen LogP contribution in [0.5, 0.6) is 11.5 Å². The molecule has 1 fully saturated rings. The fraction of sp³-hybridized carbons (Fsp3) is 0.400. The Balaban J connectivity index is 2.14. The lowest BCUT2D eigenvalue weighted by Crippen LogP contribution is -2.45. The fourth-order valence-electron chi connectivity index (χ4n) is 4.24. The Morgan fingerprint density at radius 1 is 1.32 bits per heavy atom. The van der Waals surface area contributed by atoms with Crippen molar-refractivity contribution < 1.29 is 24.2 Å². The van der Waals surface area contributed by atoms with Gasteiger partial charge in [-0.15, -0.1) is 6.58 Å². The first-order chi connectivity index (χ1) is 11.9. The Morgan fingerprint density at radius 3 is 2.64 bits per heavy atom. The standard InChI is InChI=1S/C20H22O5/c1-5-6-13-10-20(25-4)11(2)16(17(18(13)22)19(20)23)12-7-8-14(21)15(9-12)24-3/h5,7-11,16-17,21H,1,6H2,2-4H3. The summed E-state index contributed by atoms with van der Waals surface area (Å²) in [6, 6.07) is 4.95. The van der Waals surface area contributed by atoms with Gasteiger partial charge >= 0.3 is 0 Å². The summed E-state index contributed by atoms with van der Waals surface area (Å²) in [6.45, 7) is 5.62. The van der Waals surface area contributed by atoms with Gasteiger partial charge in [-0.25, -0.2) is 0 Å². The molecule has 0 saturated heterocycles. The predicted molar refractivity (Wildman–Crippen MR) is 92.7 cm³/mol. The van der Waals surface area contributed by atoms with Crippen LogP contribution in [0.3, 0.4) is 0 Å². The lowest BCUT2D eigenvalue weighted by atomic mass is 9.80. The zero-order chi connectivity index (χ0) is 18.4. The summed E-state index contributed by atoms with van der Waals surface area (Å²) < 4.78 is 10.8. The summed E-state index contributed by atoms with van der Waals surface area (Å²) >= 11 is 0. The number of hydrogen-bond acceptors (Lipinski definition) is 5. The summed E-state index contributed by atoms with van der Waals surface area (Å²) in [7, 11) is 2.97. The summed E-state index contributed by atoms with van der Waals surface area (Å²) in [5.74, 6) is -1.38. The van der Waals surface area contributed by atoms with Gasteiger partial charge in [0.2, 0.25) is 0 Å². The molecule has 2 bridgehead atoms. The quantitative estimate of drug-likeness (QED) is 0.658. The van der Waals surface area contributed by atoms with Crippen molar-refractivity contribution in [3.05, 3.63) is 48.1 Å². The number of Topliss-reactive ketones (excluding diaryl/α,β-unsaturated/α-hetero) is 2. The number of ether oxygens (including phenoxy) is 2. The van der Waals surface area contributed by atoms with Gasteiger partial charge < -0.3 is 14.6 Å². The topological polar surface area (TPSA) is 72.8 Å². The molecule has 0 heterocycles. The number of fused-ring (bicyclic) bond motifs is 2. The molecule has 1 aromatic rings. The molecule has 1 saturated carbocycles. The minimum Gasteiger partial charge on any atom is -0.504 e. The van der Waals surface area contributed by atoms with Crippen LogP contribution in [0.4, 0.5) is 0 Å². The van der Waals surface area contributed by atoms with E-state index in [9.17, 15) is 14.7 Å². The van der Waals surface area contributed by atoms with Gasteiger partial charge in [-0.05, 0) is 35.8 Å². The van der Waals surface area contributed by atoms with Crippen molar-refractivity contribution in [2.24, 2.45) is 11.8 Å². The van der Waals surface area contributed by atoms with Crippen LogP contribution >= 0.6 is 0 Å². The summed E-state index contributed by atoms with van der Waals surface area (Å²) in [4.78, 5) is 25.9. The first-order valence-corrected chi connectivity index (χ1v) is 8.24. The number of aromatic hydroxyl groups is 1. The Morgan fingerprint density at radius 2 is 2.04 bits per heavy atom. The number of phenols is 1. The van der Waals surface area contributed by atoms with Crippen molar-refractivity contribution in [3.8, 4) is 11.5 Å². The zero-order valence-electron chi connectivity index (χ0n) is 14.6. The highest BCUT2D eigenvalue weighted by atomic mass is 16.5. The van der Waals surface area contributed by atoms with Gasteiger partial charge in [0, 0.05) is 18.9 Å². The van der Waals surface area contributed by atoms with Gasteiger partial charge in [0.25, 0.3) is 0 Å².